The van der Waals surface area contributed by atoms with Crippen molar-refractivity contribution in [1.82, 2.24) is 0 Å². The predicted molar refractivity (Wildman–Crippen MR) is 70.8 cm³/mol. The van der Waals surface area contributed by atoms with E-state index in [0.717, 1.165) is 21.5 Å². The number of benzene rings is 1. The van der Waals surface area contributed by atoms with Crippen molar-refractivity contribution >= 4 is 29.0 Å². The van der Waals surface area contributed by atoms with Crippen molar-refractivity contribution in [3.05, 3.63) is 62.6 Å². The van der Waals surface area contributed by atoms with Gasteiger partial charge in [-0.15, -0.1) is 11.3 Å². The molecule has 1 aromatic heterocycles. The molecule has 0 aliphatic carbocycles. The summed E-state index contributed by atoms with van der Waals surface area (Å²) >= 11 is 7.31. The van der Waals surface area contributed by atoms with Crippen molar-refractivity contribution in [2.45, 2.75) is 0 Å². The fraction of sp³-hybridized carbons (Fsp3) is 0. The highest BCUT2D eigenvalue weighted by Gasteiger charge is 2.01. The van der Waals surface area contributed by atoms with Crippen molar-refractivity contribution in [1.29, 1.82) is 0 Å². The largest absolute Gasteiger partial charge is 0.259 e. The molecule has 1 heterocycles. The average Bonchev–Trinajstić information content (AvgIpc) is 2.76. The van der Waals surface area contributed by atoms with Crippen LogP contribution in [0.1, 0.15) is 4.88 Å². The van der Waals surface area contributed by atoms with Crippen LogP contribution in [0.3, 0.4) is 0 Å². The number of hydrogen-bond donors (Lipinski definition) is 0. The van der Waals surface area contributed by atoms with Gasteiger partial charge in [0.2, 0.25) is 6.20 Å². The SMILES string of the molecule is O=[N+]([O-])C=Cc1ccc(-c2ccc(Cl)cc2)s1. The summed E-state index contributed by atoms with van der Waals surface area (Å²) in [5, 5.41) is 10.9. The maximum Gasteiger partial charge on any atom is 0.235 e. The van der Waals surface area contributed by atoms with Crippen LogP contribution in [-0.4, -0.2) is 4.92 Å². The highest BCUT2D eigenvalue weighted by molar-refractivity contribution is 7.16. The molecule has 0 fully saturated rings. The third-order valence-corrected chi connectivity index (χ3v) is 3.47. The number of rotatable bonds is 3. The standard InChI is InChI=1S/C12H8ClNO2S/c13-10-3-1-9(2-4-10)12-6-5-11(17-12)7-8-14(15)16/h1-8H. The molecule has 1 aromatic carbocycles. The van der Waals surface area contributed by atoms with Gasteiger partial charge in [0.15, 0.2) is 0 Å². The second kappa shape index (κ2) is 5.12. The number of hydrogen-bond acceptors (Lipinski definition) is 3. The summed E-state index contributed by atoms with van der Waals surface area (Å²) in [4.78, 5) is 11.6. The van der Waals surface area contributed by atoms with Crippen LogP contribution in [0, 0.1) is 10.1 Å². The van der Waals surface area contributed by atoms with E-state index >= 15 is 0 Å². The van der Waals surface area contributed by atoms with Gasteiger partial charge >= 0.3 is 0 Å². The first kappa shape index (κ1) is 11.8. The average molecular weight is 266 g/mol. The van der Waals surface area contributed by atoms with Gasteiger partial charge in [0.25, 0.3) is 0 Å². The molecular formula is C12H8ClNO2S. The minimum Gasteiger partial charge on any atom is -0.259 e. The highest BCUT2D eigenvalue weighted by Crippen LogP contribution is 2.29. The first-order valence-corrected chi connectivity index (χ1v) is 6.02. The van der Waals surface area contributed by atoms with E-state index in [1.807, 2.05) is 36.4 Å². The lowest BCUT2D eigenvalue weighted by Crippen LogP contribution is -1.80. The Balaban J connectivity index is 2.23. The summed E-state index contributed by atoms with van der Waals surface area (Å²) < 4.78 is 0. The zero-order valence-electron chi connectivity index (χ0n) is 8.67. The molecule has 0 atom stereocenters. The zero-order chi connectivity index (χ0) is 12.3. The molecule has 0 aliphatic rings. The van der Waals surface area contributed by atoms with Crippen LogP contribution in [0.15, 0.2) is 42.6 Å². The molecule has 0 spiro atoms. The topological polar surface area (TPSA) is 43.1 Å². The van der Waals surface area contributed by atoms with E-state index in [2.05, 4.69) is 0 Å². The molecule has 5 heteroatoms. The summed E-state index contributed by atoms with van der Waals surface area (Å²) in [5.74, 6) is 0. The van der Waals surface area contributed by atoms with Crippen LogP contribution in [0.4, 0.5) is 0 Å². The first-order chi connectivity index (χ1) is 8.15. The fourth-order valence-corrected chi connectivity index (χ4v) is 2.38. The van der Waals surface area contributed by atoms with Gasteiger partial charge in [-0.1, -0.05) is 23.7 Å². The van der Waals surface area contributed by atoms with Crippen LogP contribution in [-0.2, 0) is 0 Å². The van der Waals surface area contributed by atoms with Crippen molar-refractivity contribution < 1.29 is 4.92 Å². The van der Waals surface area contributed by atoms with E-state index < -0.39 is 4.92 Å². The van der Waals surface area contributed by atoms with Gasteiger partial charge in [-0.25, -0.2) is 0 Å². The third-order valence-electron chi connectivity index (χ3n) is 2.12. The maximum absolute atomic E-state index is 10.2. The molecule has 86 valence electrons. The molecule has 0 unspecified atom stereocenters. The lowest BCUT2D eigenvalue weighted by molar-refractivity contribution is -0.400. The first-order valence-electron chi connectivity index (χ1n) is 4.82. The van der Waals surface area contributed by atoms with E-state index in [9.17, 15) is 10.1 Å². The van der Waals surface area contributed by atoms with Crippen LogP contribution in [0.2, 0.25) is 5.02 Å². The number of nitrogens with zero attached hydrogens (tertiary/aromatic N) is 1. The fourth-order valence-electron chi connectivity index (χ4n) is 1.35. The molecule has 2 rings (SSSR count). The molecule has 0 saturated carbocycles. The van der Waals surface area contributed by atoms with Crippen LogP contribution < -0.4 is 0 Å². The van der Waals surface area contributed by atoms with Crippen molar-refractivity contribution in [2.24, 2.45) is 0 Å². The molecule has 17 heavy (non-hydrogen) atoms. The van der Waals surface area contributed by atoms with E-state index in [1.165, 1.54) is 17.4 Å². The normalized spacial score (nSPS) is 10.9. The van der Waals surface area contributed by atoms with Crippen LogP contribution >= 0.6 is 22.9 Å². The van der Waals surface area contributed by atoms with Crippen molar-refractivity contribution in [3.63, 3.8) is 0 Å². The van der Waals surface area contributed by atoms with E-state index in [4.69, 9.17) is 11.6 Å². The van der Waals surface area contributed by atoms with Gasteiger partial charge < -0.3 is 0 Å². The third kappa shape index (κ3) is 3.15. The highest BCUT2D eigenvalue weighted by atomic mass is 35.5. The van der Waals surface area contributed by atoms with Gasteiger partial charge in [0, 0.05) is 20.9 Å². The number of thiophene rings is 1. The summed E-state index contributed by atoms with van der Waals surface area (Å²) in [5.41, 5.74) is 1.06. The molecule has 2 aromatic rings. The van der Waals surface area contributed by atoms with Crippen molar-refractivity contribution in [3.8, 4) is 10.4 Å². The van der Waals surface area contributed by atoms with Gasteiger partial charge in [-0.3, -0.25) is 10.1 Å². The minimum atomic E-state index is -0.471. The minimum absolute atomic E-state index is 0.471. The smallest absolute Gasteiger partial charge is 0.235 e. The molecule has 0 amide bonds. The molecule has 0 saturated heterocycles. The predicted octanol–water partition coefficient (Wildman–Crippen LogP) is 4.32. The molecule has 0 radical (unpaired) electrons. The van der Waals surface area contributed by atoms with Crippen LogP contribution in [0.5, 0.6) is 0 Å². The Morgan fingerprint density at radius 3 is 2.53 bits per heavy atom. The Bertz CT molecular complexity index is 560. The van der Waals surface area contributed by atoms with Gasteiger partial charge in [0.05, 0.1) is 4.92 Å². The second-order valence-electron chi connectivity index (χ2n) is 3.31. The van der Waals surface area contributed by atoms with Gasteiger partial charge in [-0.05, 0) is 29.8 Å². The molecular weight excluding hydrogens is 258 g/mol. The Kier molecular flexibility index (Phi) is 3.56. The Morgan fingerprint density at radius 2 is 1.88 bits per heavy atom. The van der Waals surface area contributed by atoms with E-state index in [0.29, 0.717) is 5.02 Å². The number of halogens is 1. The summed E-state index contributed by atoms with van der Waals surface area (Å²) in [7, 11) is 0. The van der Waals surface area contributed by atoms with Gasteiger partial charge in [-0.2, -0.15) is 0 Å². The van der Waals surface area contributed by atoms with E-state index in [-0.39, 0.29) is 0 Å². The Labute approximate surface area is 107 Å². The van der Waals surface area contributed by atoms with Gasteiger partial charge in [0.1, 0.15) is 0 Å². The summed E-state index contributed by atoms with van der Waals surface area (Å²) in [6.07, 6.45) is 2.43. The quantitative estimate of drug-likeness (QED) is 0.613. The van der Waals surface area contributed by atoms with E-state index in [1.54, 1.807) is 0 Å². The number of nitro groups is 1. The molecule has 3 nitrogen and oxygen atoms in total. The maximum atomic E-state index is 10.2. The van der Waals surface area contributed by atoms with Crippen LogP contribution in [0.25, 0.3) is 16.5 Å². The molecule has 0 N–H and O–H groups in total. The Morgan fingerprint density at radius 1 is 1.18 bits per heavy atom. The second-order valence-corrected chi connectivity index (χ2v) is 4.86. The summed E-state index contributed by atoms with van der Waals surface area (Å²) in [6, 6.07) is 11.3. The van der Waals surface area contributed by atoms with Crippen molar-refractivity contribution in [2.75, 3.05) is 0 Å². The summed E-state index contributed by atoms with van der Waals surface area (Å²) in [6.45, 7) is 0. The lowest BCUT2D eigenvalue weighted by atomic mass is 10.2. The zero-order valence-corrected chi connectivity index (χ0v) is 10.2. The molecule has 0 aliphatic heterocycles. The molecule has 0 bridgehead atoms. The lowest BCUT2D eigenvalue weighted by Gasteiger charge is -1.96. The monoisotopic (exact) mass is 265 g/mol. The Hall–Kier alpha value is -1.65.